The minimum atomic E-state index is -0.468. The first kappa shape index (κ1) is 14.5. The summed E-state index contributed by atoms with van der Waals surface area (Å²) in [4.78, 5) is 14.5. The number of para-hydroxylation sites is 1. The summed E-state index contributed by atoms with van der Waals surface area (Å²) in [6, 6.07) is 7.70. The molecule has 2 heterocycles. The highest BCUT2D eigenvalue weighted by Gasteiger charge is 2.27. The largest absolute Gasteiger partial charge is 0.388 e. The molecule has 114 valence electrons. The van der Waals surface area contributed by atoms with E-state index in [-0.39, 0.29) is 12.0 Å². The lowest BCUT2D eigenvalue weighted by molar-refractivity contribution is -0.122. The fourth-order valence-electron chi connectivity index (χ4n) is 3.27. The van der Waals surface area contributed by atoms with Crippen molar-refractivity contribution in [2.24, 2.45) is 0 Å². The second kappa shape index (κ2) is 6.58. The predicted molar refractivity (Wildman–Crippen MR) is 81.2 cm³/mol. The normalized spacial score (nSPS) is 26.0. The molecule has 1 aromatic carbocycles. The second-order valence-corrected chi connectivity index (χ2v) is 5.95. The Labute approximate surface area is 125 Å². The van der Waals surface area contributed by atoms with E-state index in [1.54, 1.807) is 0 Å². The van der Waals surface area contributed by atoms with Gasteiger partial charge in [0.1, 0.15) is 0 Å². The van der Waals surface area contributed by atoms with Crippen LogP contribution >= 0.6 is 0 Å². The monoisotopic (exact) mass is 289 g/mol. The Morgan fingerprint density at radius 3 is 2.90 bits per heavy atom. The van der Waals surface area contributed by atoms with Crippen molar-refractivity contribution < 1.29 is 14.6 Å². The maximum Gasteiger partial charge on any atom is 0.229 e. The highest BCUT2D eigenvalue weighted by atomic mass is 16.5. The van der Waals surface area contributed by atoms with E-state index in [0.717, 1.165) is 43.5 Å². The van der Waals surface area contributed by atoms with Crippen molar-refractivity contribution in [3.05, 3.63) is 29.8 Å². The summed E-state index contributed by atoms with van der Waals surface area (Å²) < 4.78 is 5.68. The van der Waals surface area contributed by atoms with Gasteiger partial charge in [-0.15, -0.1) is 0 Å². The predicted octanol–water partition coefficient (Wildman–Crippen LogP) is 2.81. The van der Waals surface area contributed by atoms with Crippen molar-refractivity contribution in [1.29, 1.82) is 0 Å². The van der Waals surface area contributed by atoms with Gasteiger partial charge < -0.3 is 14.7 Å². The maximum absolute atomic E-state index is 12.7. The van der Waals surface area contributed by atoms with E-state index in [0.29, 0.717) is 19.4 Å². The minimum absolute atomic E-state index is 0.0617. The smallest absolute Gasteiger partial charge is 0.229 e. The number of fused-ring (bicyclic) bond motifs is 1. The summed E-state index contributed by atoms with van der Waals surface area (Å²) in [5, 5.41) is 10.2. The highest BCUT2D eigenvalue weighted by Crippen LogP contribution is 2.33. The molecule has 1 fully saturated rings. The number of carbonyl (C=O) groups excluding carboxylic acids is 1. The van der Waals surface area contributed by atoms with Gasteiger partial charge in [0.2, 0.25) is 5.91 Å². The molecule has 1 saturated heterocycles. The molecule has 2 aliphatic rings. The van der Waals surface area contributed by atoms with Crippen LogP contribution in [0.25, 0.3) is 0 Å². The molecule has 2 aliphatic heterocycles. The zero-order chi connectivity index (χ0) is 14.7. The minimum Gasteiger partial charge on any atom is -0.388 e. The maximum atomic E-state index is 12.7. The lowest BCUT2D eigenvalue weighted by Crippen LogP contribution is -2.35. The molecule has 1 aromatic rings. The van der Waals surface area contributed by atoms with Crippen molar-refractivity contribution in [1.82, 2.24) is 0 Å². The van der Waals surface area contributed by atoms with Crippen LogP contribution in [0.5, 0.6) is 0 Å². The van der Waals surface area contributed by atoms with Gasteiger partial charge in [-0.2, -0.15) is 0 Å². The Kier molecular flexibility index (Phi) is 4.56. The fraction of sp³-hybridized carbons (Fsp3) is 0.588. The Balaban J connectivity index is 1.77. The molecule has 2 atom stereocenters. The Morgan fingerprint density at radius 1 is 1.24 bits per heavy atom. The van der Waals surface area contributed by atoms with Crippen LogP contribution in [0.3, 0.4) is 0 Å². The first-order valence-corrected chi connectivity index (χ1v) is 7.94. The highest BCUT2D eigenvalue weighted by molar-refractivity contribution is 5.94. The second-order valence-electron chi connectivity index (χ2n) is 5.95. The van der Waals surface area contributed by atoms with Gasteiger partial charge in [0, 0.05) is 24.4 Å². The van der Waals surface area contributed by atoms with E-state index < -0.39 is 6.10 Å². The van der Waals surface area contributed by atoms with Crippen molar-refractivity contribution >= 4 is 11.6 Å². The molecular weight excluding hydrogens is 266 g/mol. The third-order valence-electron chi connectivity index (χ3n) is 4.42. The van der Waals surface area contributed by atoms with Gasteiger partial charge in [0.25, 0.3) is 0 Å². The van der Waals surface area contributed by atoms with Gasteiger partial charge in [0.05, 0.1) is 18.6 Å². The third-order valence-corrected chi connectivity index (χ3v) is 4.42. The van der Waals surface area contributed by atoms with Crippen LogP contribution in [0.1, 0.15) is 50.2 Å². The van der Waals surface area contributed by atoms with Crippen LogP contribution < -0.4 is 4.90 Å². The first-order valence-electron chi connectivity index (χ1n) is 7.94. The third kappa shape index (κ3) is 3.27. The molecule has 0 radical (unpaired) electrons. The van der Waals surface area contributed by atoms with Crippen molar-refractivity contribution in [3.63, 3.8) is 0 Å². The van der Waals surface area contributed by atoms with Gasteiger partial charge in [-0.1, -0.05) is 18.2 Å². The van der Waals surface area contributed by atoms with Crippen LogP contribution in [-0.4, -0.2) is 30.3 Å². The topological polar surface area (TPSA) is 49.8 Å². The van der Waals surface area contributed by atoms with Gasteiger partial charge in [0.15, 0.2) is 0 Å². The SMILES string of the molecule is O=C(CC1CCCCO1)N1CCCC(O)c2ccccc21. The van der Waals surface area contributed by atoms with E-state index in [1.165, 1.54) is 0 Å². The molecular formula is C17H23NO3. The van der Waals surface area contributed by atoms with Crippen molar-refractivity contribution in [3.8, 4) is 0 Å². The Morgan fingerprint density at radius 2 is 2.10 bits per heavy atom. The molecule has 1 amide bonds. The molecule has 4 nitrogen and oxygen atoms in total. The van der Waals surface area contributed by atoms with Crippen LogP contribution in [-0.2, 0) is 9.53 Å². The van der Waals surface area contributed by atoms with E-state index in [4.69, 9.17) is 4.74 Å². The summed E-state index contributed by atoms with van der Waals surface area (Å²) in [5.74, 6) is 0.114. The van der Waals surface area contributed by atoms with Crippen LogP contribution in [0.2, 0.25) is 0 Å². The van der Waals surface area contributed by atoms with Crippen LogP contribution in [0.15, 0.2) is 24.3 Å². The zero-order valence-electron chi connectivity index (χ0n) is 12.3. The van der Waals surface area contributed by atoms with E-state index >= 15 is 0 Å². The number of carbonyl (C=O) groups is 1. The molecule has 2 unspecified atom stereocenters. The number of aliphatic hydroxyl groups is 1. The van der Waals surface area contributed by atoms with E-state index in [1.807, 2.05) is 29.2 Å². The van der Waals surface area contributed by atoms with E-state index in [2.05, 4.69) is 0 Å². The standard InChI is InChI=1S/C17H23NO3/c19-16-9-5-10-18(15-8-2-1-7-14(15)16)17(20)12-13-6-3-4-11-21-13/h1-2,7-8,13,16,19H,3-6,9-12H2. The number of rotatable bonds is 2. The average Bonchev–Trinajstić information content (AvgIpc) is 2.68. The summed E-state index contributed by atoms with van der Waals surface area (Å²) in [6.07, 6.45) is 4.80. The molecule has 21 heavy (non-hydrogen) atoms. The molecule has 4 heteroatoms. The number of ether oxygens (including phenoxy) is 1. The number of nitrogens with zero attached hydrogens (tertiary/aromatic N) is 1. The number of hydrogen-bond donors (Lipinski definition) is 1. The Bertz CT molecular complexity index is 497. The molecule has 0 bridgehead atoms. The molecule has 3 rings (SSSR count). The van der Waals surface area contributed by atoms with Crippen molar-refractivity contribution in [2.45, 2.75) is 50.7 Å². The van der Waals surface area contributed by atoms with E-state index in [9.17, 15) is 9.90 Å². The first-order chi connectivity index (χ1) is 10.3. The van der Waals surface area contributed by atoms with Gasteiger partial charge in [-0.25, -0.2) is 0 Å². The van der Waals surface area contributed by atoms with Crippen LogP contribution in [0.4, 0.5) is 5.69 Å². The van der Waals surface area contributed by atoms with Gasteiger partial charge in [-0.05, 0) is 38.2 Å². The summed E-state index contributed by atoms with van der Waals surface area (Å²) >= 11 is 0. The molecule has 0 saturated carbocycles. The van der Waals surface area contributed by atoms with Crippen LogP contribution in [0, 0.1) is 0 Å². The lowest BCUT2D eigenvalue weighted by Gasteiger charge is -2.27. The number of hydrogen-bond acceptors (Lipinski definition) is 3. The fourth-order valence-corrected chi connectivity index (χ4v) is 3.27. The molecule has 0 spiro atoms. The summed E-state index contributed by atoms with van der Waals surface area (Å²) in [5.41, 5.74) is 1.73. The molecule has 0 aromatic heterocycles. The average molecular weight is 289 g/mol. The number of amides is 1. The zero-order valence-corrected chi connectivity index (χ0v) is 12.3. The lowest BCUT2D eigenvalue weighted by atomic mass is 10.0. The quantitative estimate of drug-likeness (QED) is 0.911. The molecule has 0 aliphatic carbocycles. The van der Waals surface area contributed by atoms with Gasteiger partial charge in [-0.3, -0.25) is 4.79 Å². The number of benzene rings is 1. The number of aliphatic hydroxyl groups excluding tert-OH is 1. The Hall–Kier alpha value is -1.39. The van der Waals surface area contributed by atoms with Gasteiger partial charge >= 0.3 is 0 Å². The number of anilines is 1. The molecule has 1 N–H and O–H groups in total. The summed E-state index contributed by atoms with van der Waals surface area (Å²) in [7, 11) is 0. The van der Waals surface area contributed by atoms with Crippen molar-refractivity contribution in [2.75, 3.05) is 18.1 Å². The summed E-state index contributed by atoms with van der Waals surface area (Å²) in [6.45, 7) is 1.45.